The van der Waals surface area contributed by atoms with Crippen LogP contribution in [0.1, 0.15) is 54.1 Å². The van der Waals surface area contributed by atoms with Gasteiger partial charge in [-0.05, 0) is 106 Å². The van der Waals surface area contributed by atoms with Gasteiger partial charge in [-0.2, -0.15) is 0 Å². The van der Waals surface area contributed by atoms with Crippen LogP contribution in [0.2, 0.25) is 10.0 Å². The molecule has 0 radical (unpaired) electrons. The number of hydrogen-bond donors (Lipinski definition) is 1. The molecule has 5 heterocycles. The average molecular weight is 819 g/mol. The lowest BCUT2D eigenvalue weighted by molar-refractivity contribution is -0.145. The number of halogens is 2. The fourth-order valence-electron chi connectivity index (χ4n) is 8.48. The SMILES string of the molecule is CCOC(=O)CN1CCN(NC(=O)C2(c3ccncc3)CCN(CCC3(c4ccc(Cl)c(Cl)c4)CCN(C(=O)c4cc(-n5ccnn5)ccc4OC)C3)CC2)CC1. The third-order valence-corrected chi connectivity index (χ3v) is 12.6. The number of hydrazine groups is 1. The van der Waals surface area contributed by atoms with Crippen LogP contribution in [0, 0.1) is 0 Å². The number of carbonyl (C=O) groups is 3. The second kappa shape index (κ2) is 17.9. The molecule has 2 aromatic heterocycles. The van der Waals surface area contributed by atoms with Crippen molar-refractivity contribution in [1.82, 2.24) is 45.1 Å². The Bertz CT molecular complexity index is 2020. The van der Waals surface area contributed by atoms with E-state index < -0.39 is 5.41 Å². The molecule has 1 N–H and O–H groups in total. The molecule has 57 heavy (non-hydrogen) atoms. The van der Waals surface area contributed by atoms with E-state index in [0.29, 0.717) is 85.8 Å². The van der Waals surface area contributed by atoms with Gasteiger partial charge in [-0.25, -0.2) is 9.69 Å². The molecule has 14 nitrogen and oxygen atoms in total. The van der Waals surface area contributed by atoms with Crippen LogP contribution in [0.15, 0.2) is 73.3 Å². The zero-order valence-electron chi connectivity index (χ0n) is 32.4. The Balaban J connectivity index is 1.04. The smallest absolute Gasteiger partial charge is 0.320 e. The van der Waals surface area contributed by atoms with Crippen LogP contribution in [0.4, 0.5) is 0 Å². The fourth-order valence-corrected chi connectivity index (χ4v) is 8.78. The second-order valence-electron chi connectivity index (χ2n) is 15.0. The lowest BCUT2D eigenvalue weighted by Crippen LogP contribution is -2.59. The van der Waals surface area contributed by atoms with Gasteiger partial charge < -0.3 is 19.3 Å². The number of ether oxygens (including phenoxy) is 2. The number of aromatic nitrogens is 4. The van der Waals surface area contributed by atoms with Crippen molar-refractivity contribution in [2.24, 2.45) is 0 Å². The van der Waals surface area contributed by atoms with Gasteiger partial charge in [0.15, 0.2) is 0 Å². The van der Waals surface area contributed by atoms with E-state index in [1.54, 1.807) is 55.6 Å². The van der Waals surface area contributed by atoms with Crippen LogP contribution in [-0.2, 0) is 25.2 Å². The molecule has 0 saturated carbocycles. The van der Waals surface area contributed by atoms with Crippen molar-refractivity contribution in [3.63, 3.8) is 0 Å². The Morgan fingerprint density at radius 2 is 1.61 bits per heavy atom. The monoisotopic (exact) mass is 817 g/mol. The Labute approximate surface area is 343 Å². The highest BCUT2D eigenvalue weighted by Gasteiger charge is 2.46. The standard InChI is InChI=1S/C41H49Cl2N9O5/c1-3-57-37(53)28-49-22-24-51(25-23-49)46-39(55)41(30-8-14-44-15-9-30)12-18-48(19-13-41)17-10-40(31-4-6-34(42)35(43)26-31)11-20-50(29-40)38(54)33-27-32(5-7-36(33)56-2)52-21-16-45-47-52/h4-9,14-16,21,26-27H,3,10-13,17-20,22-25,28-29H2,1-2H3,(H,46,55). The van der Waals surface area contributed by atoms with Crippen molar-refractivity contribution in [2.75, 3.05) is 79.2 Å². The molecule has 0 bridgehead atoms. The molecule has 3 fully saturated rings. The summed E-state index contributed by atoms with van der Waals surface area (Å²) in [6.45, 7) is 8.19. The molecule has 0 aliphatic carbocycles. The molecule has 2 amide bonds. The van der Waals surface area contributed by atoms with E-state index in [1.807, 2.05) is 46.3 Å². The first-order valence-electron chi connectivity index (χ1n) is 19.5. The average Bonchev–Trinajstić information content (AvgIpc) is 3.94. The van der Waals surface area contributed by atoms with Gasteiger partial charge in [-0.3, -0.25) is 29.7 Å². The van der Waals surface area contributed by atoms with E-state index in [1.165, 1.54) is 0 Å². The van der Waals surface area contributed by atoms with Crippen LogP contribution in [0.3, 0.4) is 0 Å². The molecule has 2 aromatic carbocycles. The number of piperidine rings is 1. The van der Waals surface area contributed by atoms with Crippen LogP contribution in [0.5, 0.6) is 5.75 Å². The molecule has 0 spiro atoms. The van der Waals surface area contributed by atoms with Crippen molar-refractivity contribution in [2.45, 2.75) is 43.4 Å². The van der Waals surface area contributed by atoms with E-state index >= 15 is 0 Å². The van der Waals surface area contributed by atoms with Gasteiger partial charge in [0.25, 0.3) is 5.91 Å². The number of pyridine rings is 1. The summed E-state index contributed by atoms with van der Waals surface area (Å²) in [6.07, 6.45) is 9.61. The van der Waals surface area contributed by atoms with Crippen molar-refractivity contribution in [3.8, 4) is 11.4 Å². The van der Waals surface area contributed by atoms with Crippen molar-refractivity contribution >= 4 is 41.0 Å². The van der Waals surface area contributed by atoms with Gasteiger partial charge in [-0.1, -0.05) is 34.5 Å². The quantitative estimate of drug-likeness (QED) is 0.192. The molecular weight excluding hydrogens is 769 g/mol. The summed E-state index contributed by atoms with van der Waals surface area (Å²) < 4.78 is 12.4. The molecule has 16 heteroatoms. The zero-order chi connectivity index (χ0) is 40.0. The Morgan fingerprint density at radius 3 is 2.30 bits per heavy atom. The highest BCUT2D eigenvalue weighted by Crippen LogP contribution is 2.42. The van der Waals surface area contributed by atoms with E-state index in [0.717, 1.165) is 43.6 Å². The lowest BCUT2D eigenvalue weighted by atomic mass is 9.72. The maximum Gasteiger partial charge on any atom is 0.320 e. The Hall–Kier alpha value is -4.60. The van der Waals surface area contributed by atoms with Gasteiger partial charge in [0.05, 0.1) is 59.4 Å². The zero-order valence-corrected chi connectivity index (χ0v) is 33.9. The largest absolute Gasteiger partial charge is 0.496 e. The third kappa shape index (κ3) is 8.95. The summed E-state index contributed by atoms with van der Waals surface area (Å²) in [6, 6.07) is 15.1. The number of piperazine rings is 1. The number of rotatable bonds is 13. The number of likely N-dealkylation sites (tertiary alicyclic amines) is 2. The van der Waals surface area contributed by atoms with Crippen LogP contribution < -0.4 is 10.2 Å². The molecule has 3 saturated heterocycles. The summed E-state index contributed by atoms with van der Waals surface area (Å²) in [5.74, 6) is 0.114. The van der Waals surface area contributed by atoms with E-state index in [4.69, 9.17) is 32.7 Å². The number of esters is 1. The maximum absolute atomic E-state index is 14.3. The van der Waals surface area contributed by atoms with Crippen molar-refractivity contribution < 1.29 is 23.9 Å². The highest BCUT2D eigenvalue weighted by atomic mass is 35.5. The summed E-state index contributed by atoms with van der Waals surface area (Å²) in [7, 11) is 1.56. The minimum atomic E-state index is -0.723. The van der Waals surface area contributed by atoms with Crippen molar-refractivity contribution in [3.05, 3.63) is 100 Å². The summed E-state index contributed by atoms with van der Waals surface area (Å²) in [5.41, 5.74) is 5.30. The van der Waals surface area contributed by atoms with Gasteiger partial charge in [0.1, 0.15) is 5.75 Å². The number of methoxy groups -OCH3 is 1. The Morgan fingerprint density at radius 1 is 0.842 bits per heavy atom. The normalized spacial score (nSPS) is 20.3. The third-order valence-electron chi connectivity index (χ3n) is 11.8. The molecule has 1 unspecified atom stereocenters. The van der Waals surface area contributed by atoms with Crippen LogP contribution >= 0.6 is 23.2 Å². The molecule has 3 aliphatic rings. The predicted octanol–water partition coefficient (Wildman–Crippen LogP) is 4.40. The number of hydrogen-bond acceptors (Lipinski definition) is 11. The van der Waals surface area contributed by atoms with Gasteiger partial charge >= 0.3 is 5.97 Å². The molecule has 4 aromatic rings. The van der Waals surface area contributed by atoms with E-state index in [-0.39, 0.29) is 29.7 Å². The Kier molecular flexibility index (Phi) is 12.7. The number of carbonyl (C=O) groups excluding carboxylic acids is 3. The predicted molar refractivity (Wildman–Crippen MR) is 216 cm³/mol. The number of amides is 2. The summed E-state index contributed by atoms with van der Waals surface area (Å²) >= 11 is 13.0. The number of nitrogens with zero attached hydrogens (tertiary/aromatic N) is 8. The minimum Gasteiger partial charge on any atom is -0.496 e. The topological polar surface area (TPSA) is 138 Å². The first-order chi connectivity index (χ1) is 27.6. The van der Waals surface area contributed by atoms with Crippen LogP contribution in [-0.4, -0.2) is 137 Å². The molecular formula is C41H49Cl2N9O5. The van der Waals surface area contributed by atoms with E-state index in [2.05, 4.69) is 30.5 Å². The second-order valence-corrected chi connectivity index (χ2v) is 15.9. The van der Waals surface area contributed by atoms with Crippen LogP contribution in [0.25, 0.3) is 5.69 Å². The molecule has 302 valence electrons. The van der Waals surface area contributed by atoms with Crippen molar-refractivity contribution in [1.29, 1.82) is 0 Å². The summed E-state index contributed by atoms with van der Waals surface area (Å²) in [4.78, 5) is 51.2. The lowest BCUT2D eigenvalue weighted by Gasteiger charge is -2.43. The minimum absolute atomic E-state index is 0.0206. The van der Waals surface area contributed by atoms with Gasteiger partial charge in [0.2, 0.25) is 5.91 Å². The first-order valence-corrected chi connectivity index (χ1v) is 20.2. The summed E-state index contributed by atoms with van der Waals surface area (Å²) in [5, 5.41) is 10.9. The molecule has 7 rings (SSSR count). The first kappa shape index (κ1) is 40.6. The van der Waals surface area contributed by atoms with Gasteiger partial charge in [-0.15, -0.1) is 5.10 Å². The number of nitrogens with one attached hydrogen (secondary N) is 1. The fraction of sp³-hybridized carbons (Fsp3) is 0.463. The highest BCUT2D eigenvalue weighted by molar-refractivity contribution is 6.42. The molecule has 3 aliphatic heterocycles. The maximum atomic E-state index is 14.3. The molecule has 1 atom stereocenters. The van der Waals surface area contributed by atoms with Gasteiger partial charge in [0, 0.05) is 57.1 Å². The van der Waals surface area contributed by atoms with E-state index in [9.17, 15) is 14.4 Å². The number of benzene rings is 2.